The first-order valence-corrected chi connectivity index (χ1v) is 11.8. The Morgan fingerprint density at radius 3 is 2.15 bits per heavy atom. The highest BCUT2D eigenvalue weighted by Crippen LogP contribution is 2.25. The summed E-state index contributed by atoms with van der Waals surface area (Å²) in [4.78, 5) is 53.6. The molecule has 0 spiro atoms. The maximum Gasteiger partial charge on any atom is 0.261 e. The molecule has 1 N–H and O–H groups in total. The van der Waals surface area contributed by atoms with E-state index in [1.807, 2.05) is 13.8 Å². The second-order valence-electron chi connectivity index (χ2n) is 8.52. The van der Waals surface area contributed by atoms with Crippen LogP contribution in [0, 0.1) is 0 Å². The largest absolute Gasteiger partial charge is 0.352 e. The number of imide groups is 1. The van der Waals surface area contributed by atoms with Gasteiger partial charge in [-0.2, -0.15) is 0 Å². The summed E-state index contributed by atoms with van der Waals surface area (Å²) in [5.41, 5.74) is 1.48. The molecule has 1 aliphatic rings. The van der Waals surface area contributed by atoms with Crippen molar-refractivity contribution in [2.24, 2.45) is 0 Å². The lowest BCUT2D eigenvalue weighted by Gasteiger charge is -2.29. The van der Waals surface area contributed by atoms with Crippen LogP contribution in [0.1, 0.15) is 59.9 Å². The predicted molar refractivity (Wildman–Crippen MR) is 131 cm³/mol. The van der Waals surface area contributed by atoms with E-state index in [1.165, 1.54) is 4.90 Å². The van der Waals surface area contributed by atoms with Gasteiger partial charge in [0, 0.05) is 25.6 Å². The molecule has 1 aliphatic heterocycles. The number of carbonyl (C=O) groups is 4. The second-order valence-corrected chi connectivity index (χ2v) is 9.33. The van der Waals surface area contributed by atoms with Gasteiger partial charge in [-0.1, -0.05) is 41.4 Å². The number of rotatable bonds is 9. The van der Waals surface area contributed by atoms with E-state index >= 15 is 0 Å². The lowest BCUT2D eigenvalue weighted by Crippen LogP contribution is -2.49. The number of hydrogen-bond donors (Lipinski definition) is 1. The van der Waals surface area contributed by atoms with Crippen LogP contribution in [0.5, 0.6) is 0 Å². The summed E-state index contributed by atoms with van der Waals surface area (Å²) in [7, 11) is 0. The number of nitrogens with one attached hydrogen (secondary N) is 1. The van der Waals surface area contributed by atoms with Crippen LogP contribution in [-0.4, -0.2) is 52.1 Å². The lowest BCUT2D eigenvalue weighted by atomic mass is 10.1. The van der Waals surface area contributed by atoms with Gasteiger partial charge >= 0.3 is 0 Å². The van der Waals surface area contributed by atoms with E-state index in [-0.39, 0.29) is 55.6 Å². The van der Waals surface area contributed by atoms with Crippen molar-refractivity contribution in [3.05, 3.63) is 69.2 Å². The molecule has 1 heterocycles. The maximum absolute atomic E-state index is 13.2. The minimum absolute atomic E-state index is 0.0635. The molecule has 9 heteroatoms. The van der Waals surface area contributed by atoms with Gasteiger partial charge in [0.25, 0.3) is 11.8 Å². The van der Waals surface area contributed by atoms with Crippen molar-refractivity contribution in [3.63, 3.8) is 0 Å². The predicted octanol–water partition coefficient (Wildman–Crippen LogP) is 4.31. The highest BCUT2D eigenvalue weighted by Gasteiger charge is 2.35. The normalized spacial score (nSPS) is 13.8. The lowest BCUT2D eigenvalue weighted by molar-refractivity contribution is -0.140. The van der Waals surface area contributed by atoms with Crippen LogP contribution in [0.25, 0.3) is 0 Å². The maximum atomic E-state index is 13.2. The molecule has 0 bridgehead atoms. The smallest absolute Gasteiger partial charge is 0.261 e. The molecule has 2 aromatic rings. The monoisotopic (exact) mass is 503 g/mol. The van der Waals surface area contributed by atoms with E-state index in [2.05, 4.69) is 5.32 Å². The fourth-order valence-corrected chi connectivity index (χ4v) is 4.12. The van der Waals surface area contributed by atoms with E-state index in [1.54, 1.807) is 49.4 Å². The summed E-state index contributed by atoms with van der Waals surface area (Å²) in [6, 6.07) is 10.9. The molecule has 4 amide bonds. The molecule has 7 nitrogen and oxygen atoms in total. The zero-order valence-corrected chi connectivity index (χ0v) is 20.8. The average Bonchev–Trinajstić information content (AvgIpc) is 3.03. The molecule has 0 saturated carbocycles. The minimum atomic E-state index is -0.733. The fourth-order valence-electron chi connectivity index (χ4n) is 3.80. The molecule has 0 aliphatic carbocycles. The first kappa shape index (κ1) is 25.7. The van der Waals surface area contributed by atoms with Crippen LogP contribution >= 0.6 is 23.2 Å². The molecule has 0 aromatic heterocycles. The van der Waals surface area contributed by atoms with Gasteiger partial charge in [-0.15, -0.1) is 0 Å². The van der Waals surface area contributed by atoms with Gasteiger partial charge in [-0.05, 0) is 57.0 Å². The van der Waals surface area contributed by atoms with E-state index in [0.29, 0.717) is 21.2 Å². The molecule has 2 aromatic carbocycles. The van der Waals surface area contributed by atoms with Crippen molar-refractivity contribution in [2.45, 2.75) is 52.2 Å². The first-order chi connectivity index (χ1) is 16.1. The number of carbonyl (C=O) groups excluding carboxylic acids is 4. The second kappa shape index (κ2) is 11.0. The number of halogens is 2. The number of hydrogen-bond acceptors (Lipinski definition) is 4. The molecule has 0 saturated heterocycles. The number of amides is 4. The Balaban J connectivity index is 1.69. The van der Waals surface area contributed by atoms with E-state index in [0.717, 1.165) is 10.5 Å². The van der Waals surface area contributed by atoms with Crippen molar-refractivity contribution < 1.29 is 19.2 Å². The molecular weight excluding hydrogens is 477 g/mol. The number of nitrogens with zero attached hydrogens (tertiary/aromatic N) is 2. The van der Waals surface area contributed by atoms with E-state index in [9.17, 15) is 19.2 Å². The van der Waals surface area contributed by atoms with Crippen LogP contribution in [0.3, 0.4) is 0 Å². The summed E-state index contributed by atoms with van der Waals surface area (Å²) in [6.07, 6.45) is 0.342. The highest BCUT2D eigenvalue weighted by molar-refractivity contribution is 6.42. The number of fused-ring (bicyclic) bond motifs is 1. The quantitative estimate of drug-likeness (QED) is 0.516. The van der Waals surface area contributed by atoms with Crippen molar-refractivity contribution in [1.82, 2.24) is 15.1 Å². The summed E-state index contributed by atoms with van der Waals surface area (Å²) < 4.78 is 0. The summed E-state index contributed by atoms with van der Waals surface area (Å²) in [5, 5.41) is 3.59. The third-order valence-electron chi connectivity index (χ3n) is 5.59. The van der Waals surface area contributed by atoms with Gasteiger partial charge in [0.15, 0.2) is 0 Å². The van der Waals surface area contributed by atoms with Gasteiger partial charge < -0.3 is 10.2 Å². The fraction of sp³-hybridized carbons (Fsp3) is 0.360. The van der Waals surface area contributed by atoms with Crippen molar-refractivity contribution in [3.8, 4) is 0 Å². The molecule has 3 rings (SSSR count). The number of benzene rings is 2. The van der Waals surface area contributed by atoms with Crippen LogP contribution in [0.2, 0.25) is 10.0 Å². The van der Waals surface area contributed by atoms with E-state index < -0.39 is 6.04 Å². The highest BCUT2D eigenvalue weighted by atomic mass is 35.5. The molecule has 34 heavy (non-hydrogen) atoms. The van der Waals surface area contributed by atoms with Gasteiger partial charge in [0.1, 0.15) is 6.04 Å². The Morgan fingerprint density at radius 1 is 0.971 bits per heavy atom. The Kier molecular flexibility index (Phi) is 8.33. The van der Waals surface area contributed by atoms with Crippen LogP contribution < -0.4 is 5.32 Å². The third-order valence-corrected chi connectivity index (χ3v) is 6.32. The van der Waals surface area contributed by atoms with Crippen molar-refractivity contribution in [2.75, 3.05) is 6.54 Å². The average molecular weight is 504 g/mol. The molecule has 0 fully saturated rings. The van der Waals surface area contributed by atoms with Gasteiger partial charge in [-0.3, -0.25) is 24.1 Å². The zero-order chi connectivity index (χ0) is 25.0. The van der Waals surface area contributed by atoms with Crippen LogP contribution in [0.4, 0.5) is 0 Å². The molecule has 180 valence electrons. The van der Waals surface area contributed by atoms with Gasteiger partial charge in [0.2, 0.25) is 11.8 Å². The van der Waals surface area contributed by atoms with Crippen LogP contribution in [0.15, 0.2) is 42.5 Å². The van der Waals surface area contributed by atoms with E-state index in [4.69, 9.17) is 23.2 Å². The van der Waals surface area contributed by atoms with Crippen molar-refractivity contribution >= 4 is 46.8 Å². The third kappa shape index (κ3) is 5.77. The SMILES string of the molecule is CC(C)NC(=O)C(C)N(Cc1ccc(Cl)c(Cl)c1)C(=O)CCCN1C(=O)c2ccccc2C1=O. The first-order valence-electron chi connectivity index (χ1n) is 11.1. The Hall–Kier alpha value is -2.90. The Morgan fingerprint density at radius 2 is 1.59 bits per heavy atom. The zero-order valence-electron chi connectivity index (χ0n) is 19.3. The van der Waals surface area contributed by atoms with Crippen LogP contribution in [-0.2, 0) is 16.1 Å². The Bertz CT molecular complexity index is 1080. The molecule has 1 unspecified atom stereocenters. The van der Waals surface area contributed by atoms with Gasteiger partial charge in [-0.25, -0.2) is 0 Å². The molecule has 0 radical (unpaired) electrons. The summed E-state index contributed by atoms with van der Waals surface area (Å²) >= 11 is 12.1. The van der Waals surface area contributed by atoms with Crippen molar-refractivity contribution in [1.29, 1.82) is 0 Å². The Labute approximate surface area is 209 Å². The molecule has 1 atom stereocenters. The standard InChI is InChI=1S/C25H27Cl2N3O4/c1-15(2)28-23(32)16(3)30(14-17-10-11-20(26)21(27)13-17)22(31)9-6-12-29-24(33)18-7-4-5-8-19(18)25(29)34/h4-5,7-8,10-11,13,15-16H,6,9,12,14H2,1-3H3,(H,28,32). The minimum Gasteiger partial charge on any atom is -0.352 e. The summed E-state index contributed by atoms with van der Waals surface area (Å²) in [6.45, 7) is 5.63. The van der Waals surface area contributed by atoms with Gasteiger partial charge in [0.05, 0.1) is 21.2 Å². The summed E-state index contributed by atoms with van der Waals surface area (Å²) in [5.74, 6) is -1.26. The molecular formula is C25H27Cl2N3O4. The topological polar surface area (TPSA) is 86.8 Å².